The summed E-state index contributed by atoms with van der Waals surface area (Å²) in [5.74, 6) is -1.12. The van der Waals surface area contributed by atoms with Gasteiger partial charge in [-0.05, 0) is 25.3 Å². The molecule has 0 saturated carbocycles. The number of rotatable bonds is 2. The molecule has 5 heteroatoms. The van der Waals surface area contributed by atoms with Crippen molar-refractivity contribution in [1.29, 1.82) is 0 Å². The minimum Gasteiger partial charge on any atom is -0.370 e. The van der Waals surface area contributed by atoms with Crippen LogP contribution in [0, 0.1) is 6.92 Å². The maximum atomic E-state index is 13.4. The van der Waals surface area contributed by atoms with E-state index in [2.05, 4.69) is 0 Å². The molecule has 1 fully saturated rings. The van der Waals surface area contributed by atoms with Crippen molar-refractivity contribution in [3.63, 3.8) is 0 Å². The molecule has 2 rings (SSSR count). The molecule has 0 aliphatic carbocycles. The van der Waals surface area contributed by atoms with Crippen LogP contribution in [0.3, 0.4) is 0 Å². The molecule has 1 aromatic rings. The molecule has 0 bridgehead atoms. The third-order valence-electron chi connectivity index (χ3n) is 3.43. The van der Waals surface area contributed by atoms with Crippen LogP contribution >= 0.6 is 0 Å². The van der Waals surface area contributed by atoms with Crippen molar-refractivity contribution in [2.45, 2.75) is 38.0 Å². The first kappa shape index (κ1) is 15.0. The fourth-order valence-electron chi connectivity index (χ4n) is 2.32. The maximum absolute atomic E-state index is 13.4. The molecule has 0 N–H and O–H groups in total. The second-order valence-electron chi connectivity index (χ2n) is 5.08. The van der Waals surface area contributed by atoms with E-state index < -0.39 is 18.1 Å². The van der Waals surface area contributed by atoms with Crippen LogP contribution < -0.4 is 0 Å². The van der Waals surface area contributed by atoms with Crippen LogP contribution in [0.15, 0.2) is 36.2 Å². The van der Waals surface area contributed by atoms with E-state index in [0.717, 1.165) is 11.1 Å². The fourth-order valence-corrected chi connectivity index (χ4v) is 2.32. The molecule has 1 nitrogen and oxygen atoms in total. The molecule has 0 spiro atoms. The zero-order valence-corrected chi connectivity index (χ0v) is 11.1. The second kappa shape index (κ2) is 5.95. The Balaban J connectivity index is 1.96. The van der Waals surface area contributed by atoms with Crippen LogP contribution in [-0.2, 0) is 4.74 Å². The van der Waals surface area contributed by atoms with E-state index in [1.807, 2.05) is 31.2 Å². The smallest absolute Gasteiger partial charge is 0.370 e. The molecule has 0 amide bonds. The summed E-state index contributed by atoms with van der Waals surface area (Å²) in [6.45, 7) is 2.22. The topological polar surface area (TPSA) is 9.23 Å². The summed E-state index contributed by atoms with van der Waals surface area (Å²) in [5.41, 5.74) is 2.22. The number of ether oxygens (including phenoxy) is 1. The van der Waals surface area contributed by atoms with Gasteiger partial charge in [0.2, 0.25) is 0 Å². The third-order valence-corrected chi connectivity index (χ3v) is 3.43. The SMILES string of the molecule is Cc1ccc(C2CCC(/C(F)=C/C(F)(F)F)OC2)cc1. The van der Waals surface area contributed by atoms with E-state index in [0.29, 0.717) is 6.42 Å². The Hall–Kier alpha value is -1.36. The number of alkyl halides is 3. The molecule has 1 aliphatic rings. The Morgan fingerprint density at radius 1 is 1.20 bits per heavy atom. The summed E-state index contributed by atoms with van der Waals surface area (Å²) >= 11 is 0. The van der Waals surface area contributed by atoms with Gasteiger partial charge in [-0.15, -0.1) is 0 Å². The van der Waals surface area contributed by atoms with Gasteiger partial charge < -0.3 is 4.74 Å². The number of halogens is 4. The molecular weight excluding hydrogens is 272 g/mol. The Morgan fingerprint density at radius 2 is 1.85 bits per heavy atom. The summed E-state index contributed by atoms with van der Waals surface area (Å²) in [4.78, 5) is 0. The first-order chi connectivity index (χ1) is 9.35. The summed E-state index contributed by atoms with van der Waals surface area (Å²) in [6, 6.07) is 7.91. The monoisotopic (exact) mass is 288 g/mol. The standard InChI is InChI=1S/C15H16F4O/c1-10-2-4-11(5-3-10)12-6-7-14(20-9-12)13(16)8-15(17,18)19/h2-5,8,12,14H,6-7,9H2,1H3/b13-8-. The number of hydrogen-bond donors (Lipinski definition) is 0. The first-order valence-electron chi connectivity index (χ1n) is 6.48. The van der Waals surface area contributed by atoms with E-state index in [1.165, 1.54) is 0 Å². The Labute approximate surface area is 115 Å². The zero-order valence-electron chi connectivity index (χ0n) is 11.1. The fraction of sp³-hybridized carbons (Fsp3) is 0.467. The van der Waals surface area contributed by atoms with E-state index in [1.54, 1.807) is 0 Å². The number of benzene rings is 1. The molecule has 1 aromatic carbocycles. The van der Waals surface area contributed by atoms with Crippen LogP contribution in [0.1, 0.15) is 29.9 Å². The number of allylic oxidation sites excluding steroid dienone is 1. The average molecular weight is 288 g/mol. The Bertz CT molecular complexity index is 468. The molecular formula is C15H16F4O. The predicted molar refractivity (Wildman–Crippen MR) is 68.1 cm³/mol. The predicted octanol–water partition coefficient (Wildman–Crippen LogP) is 4.67. The molecule has 2 atom stereocenters. The summed E-state index contributed by atoms with van der Waals surface area (Å²) < 4.78 is 54.8. The highest BCUT2D eigenvalue weighted by molar-refractivity contribution is 5.25. The highest BCUT2D eigenvalue weighted by Crippen LogP contribution is 2.32. The molecule has 1 heterocycles. The molecule has 110 valence electrons. The summed E-state index contributed by atoms with van der Waals surface area (Å²) in [7, 11) is 0. The van der Waals surface area contributed by atoms with Crippen molar-refractivity contribution in [3.05, 3.63) is 47.3 Å². The molecule has 1 aliphatic heterocycles. The molecule has 1 saturated heterocycles. The molecule has 0 aromatic heterocycles. The maximum Gasteiger partial charge on any atom is 0.412 e. The minimum atomic E-state index is -4.64. The van der Waals surface area contributed by atoms with Crippen molar-refractivity contribution >= 4 is 0 Å². The molecule has 2 unspecified atom stereocenters. The average Bonchev–Trinajstić information content (AvgIpc) is 2.38. The van der Waals surface area contributed by atoms with Gasteiger partial charge in [0.1, 0.15) is 11.9 Å². The number of aryl methyl sites for hydroxylation is 1. The van der Waals surface area contributed by atoms with Crippen LogP contribution in [0.25, 0.3) is 0 Å². The van der Waals surface area contributed by atoms with Gasteiger partial charge in [0, 0.05) is 5.92 Å². The van der Waals surface area contributed by atoms with Gasteiger partial charge in [-0.1, -0.05) is 29.8 Å². The van der Waals surface area contributed by atoms with Gasteiger partial charge in [-0.25, -0.2) is 4.39 Å². The van der Waals surface area contributed by atoms with Gasteiger partial charge in [0.15, 0.2) is 0 Å². The van der Waals surface area contributed by atoms with Crippen molar-refractivity contribution in [2.24, 2.45) is 0 Å². The normalized spacial score (nSPS) is 24.8. The van der Waals surface area contributed by atoms with Gasteiger partial charge in [-0.3, -0.25) is 0 Å². The number of hydrogen-bond acceptors (Lipinski definition) is 1. The van der Waals surface area contributed by atoms with Crippen molar-refractivity contribution in [1.82, 2.24) is 0 Å². The Morgan fingerprint density at radius 3 is 2.35 bits per heavy atom. The lowest BCUT2D eigenvalue weighted by atomic mass is 9.90. The summed E-state index contributed by atoms with van der Waals surface area (Å²) in [5, 5.41) is 0. The lowest BCUT2D eigenvalue weighted by molar-refractivity contribution is -0.0841. The van der Waals surface area contributed by atoms with E-state index >= 15 is 0 Å². The van der Waals surface area contributed by atoms with E-state index in [-0.39, 0.29) is 25.0 Å². The van der Waals surface area contributed by atoms with Crippen LogP contribution in [0.2, 0.25) is 0 Å². The van der Waals surface area contributed by atoms with Crippen molar-refractivity contribution < 1.29 is 22.3 Å². The van der Waals surface area contributed by atoms with E-state index in [9.17, 15) is 17.6 Å². The summed E-state index contributed by atoms with van der Waals surface area (Å²) in [6.07, 6.45) is -5.15. The molecule has 0 radical (unpaired) electrons. The lowest BCUT2D eigenvalue weighted by Gasteiger charge is -2.28. The zero-order chi connectivity index (χ0) is 14.8. The Kier molecular flexibility index (Phi) is 4.48. The van der Waals surface area contributed by atoms with Gasteiger partial charge in [-0.2, -0.15) is 13.2 Å². The van der Waals surface area contributed by atoms with Gasteiger partial charge >= 0.3 is 6.18 Å². The quantitative estimate of drug-likeness (QED) is 0.718. The van der Waals surface area contributed by atoms with Gasteiger partial charge in [0.25, 0.3) is 0 Å². The third kappa shape index (κ3) is 4.07. The lowest BCUT2D eigenvalue weighted by Crippen LogP contribution is -2.26. The minimum absolute atomic E-state index is 0.116. The van der Waals surface area contributed by atoms with Crippen molar-refractivity contribution in [3.8, 4) is 0 Å². The van der Waals surface area contributed by atoms with E-state index in [4.69, 9.17) is 4.74 Å². The largest absolute Gasteiger partial charge is 0.412 e. The highest BCUT2D eigenvalue weighted by atomic mass is 19.4. The first-order valence-corrected chi connectivity index (χ1v) is 6.48. The van der Waals surface area contributed by atoms with Crippen LogP contribution in [0.4, 0.5) is 17.6 Å². The van der Waals surface area contributed by atoms with Crippen molar-refractivity contribution in [2.75, 3.05) is 6.61 Å². The molecule has 20 heavy (non-hydrogen) atoms. The van der Waals surface area contributed by atoms with Gasteiger partial charge in [0.05, 0.1) is 12.7 Å². The highest BCUT2D eigenvalue weighted by Gasteiger charge is 2.31. The van der Waals surface area contributed by atoms with Crippen LogP contribution in [-0.4, -0.2) is 18.9 Å². The second-order valence-corrected chi connectivity index (χ2v) is 5.08. The van der Waals surface area contributed by atoms with Crippen LogP contribution in [0.5, 0.6) is 0 Å².